The summed E-state index contributed by atoms with van der Waals surface area (Å²) < 4.78 is 23.3. The third-order valence-electron chi connectivity index (χ3n) is 4.39. The van der Waals surface area contributed by atoms with Crippen molar-refractivity contribution in [2.75, 3.05) is 20.7 Å². The van der Waals surface area contributed by atoms with Gasteiger partial charge in [-0.3, -0.25) is 19.2 Å². The van der Waals surface area contributed by atoms with Gasteiger partial charge in [-0.1, -0.05) is 5.21 Å². The van der Waals surface area contributed by atoms with Gasteiger partial charge in [0.25, 0.3) is 0 Å². The van der Waals surface area contributed by atoms with Crippen molar-refractivity contribution in [2.45, 2.75) is 64.8 Å². The molecule has 0 aliphatic carbocycles. The van der Waals surface area contributed by atoms with E-state index in [1.165, 1.54) is 32.4 Å². The predicted octanol–water partition coefficient (Wildman–Crippen LogP) is -0.832. The van der Waals surface area contributed by atoms with Crippen molar-refractivity contribution in [3.63, 3.8) is 0 Å². The molecule has 1 saturated heterocycles. The maximum atomic E-state index is 12.0. The van der Waals surface area contributed by atoms with E-state index in [1.54, 1.807) is 6.20 Å². The standard InChI is InChI=1S/C19H29N5O8/c1-10(25)20-16-18(31-13(4)28)17(30-12(3)27)15(9-29-11(2)26)32-19(16)24-8-14(21-22-24)7-23(5)6/h8,15-19H,7,9H2,1-6H3,(H,20,25)/t15-,16-,17-,18-,19-/m1/s1. The van der Waals surface area contributed by atoms with E-state index in [1.807, 2.05) is 19.0 Å². The lowest BCUT2D eigenvalue weighted by Gasteiger charge is -2.45. The quantitative estimate of drug-likeness (QED) is 0.386. The first-order valence-electron chi connectivity index (χ1n) is 9.93. The number of esters is 3. The van der Waals surface area contributed by atoms with Crippen molar-refractivity contribution in [1.82, 2.24) is 25.2 Å². The van der Waals surface area contributed by atoms with Crippen LogP contribution in [0.4, 0.5) is 0 Å². The van der Waals surface area contributed by atoms with Gasteiger partial charge < -0.3 is 29.2 Å². The van der Waals surface area contributed by atoms with Crippen molar-refractivity contribution >= 4 is 23.8 Å². The number of nitrogens with zero attached hydrogens (tertiary/aromatic N) is 4. The molecule has 1 amide bonds. The van der Waals surface area contributed by atoms with Gasteiger partial charge in [0.05, 0.1) is 11.9 Å². The Bertz CT molecular complexity index is 841. The summed E-state index contributed by atoms with van der Waals surface area (Å²) >= 11 is 0. The summed E-state index contributed by atoms with van der Waals surface area (Å²) in [4.78, 5) is 48.9. The molecule has 1 aromatic heterocycles. The first-order valence-corrected chi connectivity index (χ1v) is 9.93. The van der Waals surface area contributed by atoms with Crippen molar-refractivity contribution in [1.29, 1.82) is 0 Å². The van der Waals surface area contributed by atoms with Crippen LogP contribution >= 0.6 is 0 Å². The summed E-state index contributed by atoms with van der Waals surface area (Å²) in [6, 6.07) is -0.983. The summed E-state index contributed by atoms with van der Waals surface area (Å²) in [6.07, 6.45) is -2.70. The molecule has 0 unspecified atom stereocenters. The van der Waals surface area contributed by atoms with E-state index in [0.717, 1.165) is 0 Å². The molecule has 178 valence electrons. The molecule has 0 radical (unpaired) electrons. The molecule has 1 aromatic rings. The predicted molar refractivity (Wildman–Crippen MR) is 107 cm³/mol. The number of aromatic nitrogens is 3. The number of hydrogen-bond acceptors (Lipinski definition) is 11. The monoisotopic (exact) mass is 455 g/mol. The third-order valence-corrected chi connectivity index (χ3v) is 4.39. The lowest BCUT2D eigenvalue weighted by atomic mass is 9.95. The van der Waals surface area contributed by atoms with Crippen LogP contribution in [-0.4, -0.2) is 88.8 Å². The van der Waals surface area contributed by atoms with Crippen LogP contribution in [0.15, 0.2) is 6.20 Å². The van der Waals surface area contributed by atoms with Crippen LogP contribution < -0.4 is 5.32 Å². The molecule has 0 saturated carbocycles. The minimum atomic E-state index is -1.16. The molecule has 5 atom stereocenters. The maximum absolute atomic E-state index is 12.0. The van der Waals surface area contributed by atoms with Crippen molar-refractivity contribution in [3.05, 3.63) is 11.9 Å². The Morgan fingerprint density at radius 2 is 1.69 bits per heavy atom. The highest BCUT2D eigenvalue weighted by Gasteiger charge is 2.51. The van der Waals surface area contributed by atoms with Gasteiger partial charge in [0.15, 0.2) is 18.4 Å². The van der Waals surface area contributed by atoms with E-state index in [-0.39, 0.29) is 6.61 Å². The van der Waals surface area contributed by atoms with Crippen LogP contribution in [0.5, 0.6) is 0 Å². The SMILES string of the molecule is CC(=O)N[C@@H]1[C@@H](OC(C)=O)[C@H](OC(C)=O)[C@@H](COC(C)=O)O[C@H]1n1cc(CN(C)C)nn1. The average Bonchev–Trinajstić information content (AvgIpc) is 3.09. The van der Waals surface area contributed by atoms with E-state index in [9.17, 15) is 19.2 Å². The number of carbonyl (C=O) groups excluding carboxylic acids is 4. The van der Waals surface area contributed by atoms with Gasteiger partial charge in [0.1, 0.15) is 18.8 Å². The van der Waals surface area contributed by atoms with Crippen LogP contribution in [0.25, 0.3) is 0 Å². The van der Waals surface area contributed by atoms with E-state index in [4.69, 9.17) is 18.9 Å². The first kappa shape index (κ1) is 25.2. The van der Waals surface area contributed by atoms with E-state index < -0.39 is 54.4 Å². The van der Waals surface area contributed by atoms with Gasteiger partial charge in [0.2, 0.25) is 5.91 Å². The second-order valence-electron chi connectivity index (χ2n) is 7.67. The third kappa shape index (κ3) is 6.99. The Kier molecular flexibility index (Phi) is 8.66. The lowest BCUT2D eigenvalue weighted by molar-refractivity contribution is -0.239. The zero-order valence-corrected chi connectivity index (χ0v) is 18.9. The van der Waals surface area contributed by atoms with Crippen molar-refractivity contribution < 1.29 is 38.1 Å². The van der Waals surface area contributed by atoms with Crippen LogP contribution in [0.3, 0.4) is 0 Å². The minimum Gasteiger partial charge on any atom is -0.463 e. The number of rotatable bonds is 8. The normalized spacial score (nSPS) is 25.2. The molecule has 13 heteroatoms. The Morgan fingerprint density at radius 1 is 1.06 bits per heavy atom. The number of carbonyl (C=O) groups is 4. The average molecular weight is 455 g/mol. The largest absolute Gasteiger partial charge is 0.463 e. The fourth-order valence-electron chi connectivity index (χ4n) is 3.37. The summed E-state index contributed by atoms with van der Waals surface area (Å²) in [5, 5.41) is 10.9. The second-order valence-corrected chi connectivity index (χ2v) is 7.67. The number of hydrogen-bond donors (Lipinski definition) is 1. The van der Waals surface area contributed by atoms with Gasteiger partial charge in [-0.2, -0.15) is 0 Å². The molecule has 1 aliphatic rings. The zero-order chi connectivity index (χ0) is 24.0. The van der Waals surface area contributed by atoms with Crippen LogP contribution in [0, 0.1) is 0 Å². The Hall–Kier alpha value is -3.06. The minimum absolute atomic E-state index is 0.284. The number of nitrogens with one attached hydrogen (secondary N) is 1. The van der Waals surface area contributed by atoms with Crippen LogP contribution in [0.1, 0.15) is 39.6 Å². The van der Waals surface area contributed by atoms with Gasteiger partial charge in [-0.25, -0.2) is 4.68 Å². The molecule has 0 bridgehead atoms. The zero-order valence-electron chi connectivity index (χ0n) is 18.9. The van der Waals surface area contributed by atoms with Gasteiger partial charge >= 0.3 is 17.9 Å². The molecule has 0 aromatic carbocycles. The number of amides is 1. The smallest absolute Gasteiger partial charge is 0.303 e. The second kappa shape index (κ2) is 11.0. The Morgan fingerprint density at radius 3 is 2.22 bits per heavy atom. The van der Waals surface area contributed by atoms with E-state index in [0.29, 0.717) is 12.2 Å². The molecule has 2 heterocycles. The highest BCUT2D eigenvalue weighted by atomic mass is 16.6. The molecule has 1 aliphatic heterocycles. The highest BCUT2D eigenvalue weighted by molar-refractivity contribution is 5.73. The summed E-state index contributed by atoms with van der Waals surface area (Å²) in [5.41, 5.74) is 0.628. The Labute approximate surface area is 185 Å². The molecule has 2 rings (SSSR count). The first-order chi connectivity index (χ1) is 15.0. The fourth-order valence-corrected chi connectivity index (χ4v) is 3.37. The molecular formula is C19H29N5O8. The molecule has 32 heavy (non-hydrogen) atoms. The van der Waals surface area contributed by atoms with E-state index >= 15 is 0 Å². The summed E-state index contributed by atoms with van der Waals surface area (Å²) in [6.45, 7) is 5.08. The fraction of sp³-hybridized carbons (Fsp3) is 0.684. The number of ether oxygens (including phenoxy) is 4. The van der Waals surface area contributed by atoms with E-state index in [2.05, 4.69) is 15.6 Å². The molecular weight excluding hydrogens is 426 g/mol. The molecule has 13 nitrogen and oxygen atoms in total. The molecule has 0 spiro atoms. The molecule has 1 fully saturated rings. The Balaban J connectivity index is 2.49. The lowest BCUT2D eigenvalue weighted by Crippen LogP contribution is -2.64. The highest BCUT2D eigenvalue weighted by Crippen LogP contribution is 2.32. The topological polar surface area (TPSA) is 151 Å². The maximum Gasteiger partial charge on any atom is 0.303 e. The molecule has 1 N–H and O–H groups in total. The summed E-state index contributed by atoms with van der Waals surface area (Å²) in [5.74, 6) is -2.35. The van der Waals surface area contributed by atoms with Gasteiger partial charge in [-0.15, -0.1) is 5.10 Å². The van der Waals surface area contributed by atoms with Crippen LogP contribution in [0.2, 0.25) is 0 Å². The van der Waals surface area contributed by atoms with Gasteiger partial charge in [0, 0.05) is 34.2 Å². The van der Waals surface area contributed by atoms with Crippen molar-refractivity contribution in [2.24, 2.45) is 0 Å². The van der Waals surface area contributed by atoms with Crippen molar-refractivity contribution in [3.8, 4) is 0 Å². The van der Waals surface area contributed by atoms with Gasteiger partial charge in [-0.05, 0) is 14.1 Å². The summed E-state index contributed by atoms with van der Waals surface area (Å²) in [7, 11) is 3.73. The van der Waals surface area contributed by atoms with Crippen LogP contribution in [-0.2, 0) is 44.7 Å².